The van der Waals surface area contributed by atoms with Gasteiger partial charge >= 0.3 is 5.97 Å². The van der Waals surface area contributed by atoms with Crippen LogP contribution >= 0.6 is 0 Å². The Morgan fingerprint density at radius 1 is 1.09 bits per heavy atom. The molecular formula is C18H29N7O8. The van der Waals surface area contributed by atoms with E-state index in [0.717, 1.165) is 6.92 Å². The third kappa shape index (κ3) is 9.22. The maximum absolute atomic E-state index is 12.6. The molecule has 0 aromatic carbocycles. The first kappa shape index (κ1) is 27.5. The van der Waals surface area contributed by atoms with Crippen molar-refractivity contribution in [3.8, 4) is 0 Å². The highest BCUT2D eigenvalue weighted by molar-refractivity contribution is 5.94. The van der Waals surface area contributed by atoms with Crippen molar-refractivity contribution >= 4 is 29.6 Å². The quantitative estimate of drug-likeness (QED) is 0.125. The number of aliphatic carboxylic acids is 1. The zero-order valence-corrected chi connectivity index (χ0v) is 17.9. The molecule has 0 radical (unpaired) electrons. The second-order valence-corrected chi connectivity index (χ2v) is 7.26. The number of imidazole rings is 1. The zero-order valence-electron chi connectivity index (χ0n) is 17.9. The number of aromatic amines is 1. The SMILES string of the molecule is CC(O)C(NC(=O)C(CCC(N)=O)NC(=O)C(CO)NC(=O)C(N)Cc1cnc[nH]1)C(=O)O. The summed E-state index contributed by atoms with van der Waals surface area (Å²) < 4.78 is 0. The van der Waals surface area contributed by atoms with Crippen molar-refractivity contribution in [1.82, 2.24) is 25.9 Å². The van der Waals surface area contributed by atoms with E-state index in [2.05, 4.69) is 25.9 Å². The van der Waals surface area contributed by atoms with E-state index in [1.165, 1.54) is 12.5 Å². The largest absolute Gasteiger partial charge is 0.480 e. The van der Waals surface area contributed by atoms with Crippen molar-refractivity contribution in [2.75, 3.05) is 6.61 Å². The Balaban J connectivity index is 2.84. The number of nitrogens with one attached hydrogen (secondary N) is 4. The van der Waals surface area contributed by atoms with E-state index >= 15 is 0 Å². The lowest BCUT2D eigenvalue weighted by atomic mass is 10.1. The minimum Gasteiger partial charge on any atom is -0.480 e. The molecule has 5 atom stereocenters. The van der Waals surface area contributed by atoms with E-state index in [1.807, 2.05) is 0 Å². The standard InChI is InChI=1S/C18H29N7O8/c1-8(27)14(18(32)33)25-16(30)11(2-3-13(20)28)23-17(31)12(6-26)24-15(29)10(19)4-9-5-21-7-22-9/h5,7-8,10-12,14,26-27H,2-4,6,19H2,1H3,(H2,20,28)(H,21,22)(H,23,31)(H,24,29)(H,25,30)(H,32,33). The molecule has 0 saturated carbocycles. The number of hydrogen-bond acceptors (Lipinski definition) is 9. The first-order chi connectivity index (χ1) is 15.5. The predicted octanol–water partition coefficient (Wildman–Crippen LogP) is -4.54. The van der Waals surface area contributed by atoms with Gasteiger partial charge in [-0.15, -0.1) is 0 Å². The van der Waals surface area contributed by atoms with Crippen molar-refractivity contribution in [2.45, 2.75) is 56.5 Å². The fourth-order valence-electron chi connectivity index (χ4n) is 2.67. The van der Waals surface area contributed by atoms with Crippen molar-refractivity contribution in [3.05, 3.63) is 18.2 Å². The van der Waals surface area contributed by atoms with Gasteiger partial charge in [0.1, 0.15) is 12.1 Å². The minimum absolute atomic E-state index is 0.0746. The molecule has 0 aliphatic rings. The number of rotatable bonds is 14. The number of carbonyl (C=O) groups is 5. The van der Waals surface area contributed by atoms with Gasteiger partial charge in [-0.3, -0.25) is 19.2 Å². The van der Waals surface area contributed by atoms with Crippen LogP contribution in [0.15, 0.2) is 12.5 Å². The molecule has 0 aliphatic carbocycles. The fraction of sp³-hybridized carbons (Fsp3) is 0.556. The number of H-pyrrole nitrogens is 1. The first-order valence-corrected chi connectivity index (χ1v) is 9.90. The smallest absolute Gasteiger partial charge is 0.328 e. The van der Waals surface area contributed by atoms with Crippen LogP contribution in [-0.4, -0.2) is 91.8 Å². The van der Waals surface area contributed by atoms with Crippen LogP contribution in [0.5, 0.6) is 0 Å². The highest BCUT2D eigenvalue weighted by atomic mass is 16.4. The summed E-state index contributed by atoms with van der Waals surface area (Å²) in [6.07, 6.45) is 0.835. The molecule has 33 heavy (non-hydrogen) atoms. The van der Waals surface area contributed by atoms with Crippen molar-refractivity contribution in [1.29, 1.82) is 0 Å². The number of aliphatic hydroxyl groups excluding tert-OH is 2. The highest BCUT2D eigenvalue weighted by Gasteiger charge is 2.31. The molecule has 15 heteroatoms. The topological polar surface area (TPSA) is 263 Å². The van der Waals surface area contributed by atoms with Gasteiger partial charge in [-0.05, 0) is 13.3 Å². The van der Waals surface area contributed by atoms with E-state index in [0.29, 0.717) is 5.69 Å². The Morgan fingerprint density at radius 2 is 1.70 bits per heavy atom. The Labute approximate surface area is 188 Å². The second kappa shape index (κ2) is 13.1. The molecule has 0 aliphatic heterocycles. The molecule has 5 unspecified atom stereocenters. The molecule has 1 aromatic heterocycles. The van der Waals surface area contributed by atoms with Crippen LogP contribution in [0, 0.1) is 0 Å². The number of aliphatic hydroxyl groups is 2. The van der Waals surface area contributed by atoms with Crippen LogP contribution in [0.2, 0.25) is 0 Å². The Kier molecular flexibility index (Phi) is 10.9. The molecule has 4 amide bonds. The molecule has 0 bridgehead atoms. The average Bonchev–Trinajstić information content (AvgIpc) is 3.24. The molecule has 184 valence electrons. The molecule has 1 rings (SSSR count). The summed E-state index contributed by atoms with van der Waals surface area (Å²) >= 11 is 0. The number of aromatic nitrogens is 2. The number of carboxylic acids is 1. The van der Waals surface area contributed by atoms with Crippen molar-refractivity contribution in [3.63, 3.8) is 0 Å². The summed E-state index contributed by atoms with van der Waals surface area (Å²) in [5.41, 5.74) is 11.4. The summed E-state index contributed by atoms with van der Waals surface area (Å²) in [5, 5.41) is 34.7. The van der Waals surface area contributed by atoms with Crippen molar-refractivity contribution < 1.29 is 39.3 Å². The molecule has 1 aromatic rings. The monoisotopic (exact) mass is 471 g/mol. The lowest BCUT2D eigenvalue weighted by Gasteiger charge is -2.25. The molecule has 11 N–H and O–H groups in total. The first-order valence-electron chi connectivity index (χ1n) is 9.90. The van der Waals surface area contributed by atoms with Gasteiger partial charge in [-0.1, -0.05) is 0 Å². The van der Waals surface area contributed by atoms with Crippen LogP contribution in [0.25, 0.3) is 0 Å². The lowest BCUT2D eigenvalue weighted by molar-refractivity contribution is -0.145. The number of amides is 4. The molecule has 15 nitrogen and oxygen atoms in total. The summed E-state index contributed by atoms with van der Waals surface area (Å²) in [4.78, 5) is 66.2. The third-order valence-corrected chi connectivity index (χ3v) is 4.51. The Hall–Kier alpha value is -3.56. The number of carbonyl (C=O) groups excluding carboxylic acids is 4. The van der Waals surface area contributed by atoms with Crippen LogP contribution in [0.1, 0.15) is 25.5 Å². The maximum Gasteiger partial charge on any atom is 0.328 e. The number of nitrogens with two attached hydrogens (primary N) is 2. The fourth-order valence-corrected chi connectivity index (χ4v) is 2.67. The molecule has 1 heterocycles. The van der Waals surface area contributed by atoms with Gasteiger partial charge in [-0.25, -0.2) is 9.78 Å². The third-order valence-electron chi connectivity index (χ3n) is 4.51. The normalized spacial score (nSPS) is 15.4. The number of hydrogen-bond donors (Lipinski definition) is 9. The van der Waals surface area contributed by atoms with E-state index in [1.54, 1.807) is 0 Å². The lowest BCUT2D eigenvalue weighted by Crippen LogP contribution is -2.59. The summed E-state index contributed by atoms with van der Waals surface area (Å²) in [6, 6.07) is -5.71. The maximum atomic E-state index is 12.6. The zero-order chi connectivity index (χ0) is 25.1. The predicted molar refractivity (Wildman–Crippen MR) is 111 cm³/mol. The molecule has 0 spiro atoms. The van der Waals surface area contributed by atoms with Crippen LogP contribution in [0.4, 0.5) is 0 Å². The summed E-state index contributed by atoms with van der Waals surface area (Å²) in [6.45, 7) is 0.295. The number of nitrogens with zero attached hydrogens (tertiary/aromatic N) is 1. The van der Waals surface area contributed by atoms with Crippen LogP contribution in [0.3, 0.4) is 0 Å². The van der Waals surface area contributed by atoms with Crippen molar-refractivity contribution in [2.24, 2.45) is 11.5 Å². The van der Waals surface area contributed by atoms with Gasteiger partial charge in [0.05, 0.1) is 25.1 Å². The van der Waals surface area contributed by atoms with Gasteiger partial charge in [-0.2, -0.15) is 0 Å². The van der Waals surface area contributed by atoms with Gasteiger partial charge in [0.25, 0.3) is 0 Å². The van der Waals surface area contributed by atoms with E-state index in [-0.39, 0.29) is 19.3 Å². The van der Waals surface area contributed by atoms with Crippen LogP contribution in [-0.2, 0) is 30.4 Å². The van der Waals surface area contributed by atoms with E-state index in [4.69, 9.17) is 16.6 Å². The Morgan fingerprint density at radius 3 is 2.18 bits per heavy atom. The highest BCUT2D eigenvalue weighted by Crippen LogP contribution is 2.03. The summed E-state index contributed by atoms with van der Waals surface area (Å²) in [5.74, 6) is -5.09. The van der Waals surface area contributed by atoms with Gasteiger partial charge in [0.15, 0.2) is 6.04 Å². The summed E-state index contributed by atoms with van der Waals surface area (Å²) in [7, 11) is 0. The molecular weight excluding hydrogens is 442 g/mol. The van der Waals surface area contributed by atoms with E-state index < -0.39 is 66.5 Å². The Bertz CT molecular complexity index is 830. The molecule has 0 saturated heterocycles. The van der Waals surface area contributed by atoms with E-state index in [9.17, 15) is 34.2 Å². The number of primary amides is 1. The second-order valence-electron chi connectivity index (χ2n) is 7.26. The van der Waals surface area contributed by atoms with Gasteiger partial charge in [0.2, 0.25) is 23.6 Å². The van der Waals surface area contributed by atoms with Gasteiger partial charge in [0, 0.05) is 24.7 Å². The number of carboxylic acid groups (broad SMARTS) is 1. The minimum atomic E-state index is -1.68. The van der Waals surface area contributed by atoms with Gasteiger partial charge < -0.3 is 47.7 Å². The van der Waals surface area contributed by atoms with Crippen LogP contribution < -0.4 is 27.4 Å². The molecule has 0 fully saturated rings. The average molecular weight is 471 g/mol.